The van der Waals surface area contributed by atoms with E-state index in [1.54, 1.807) is 4.31 Å². The predicted octanol–water partition coefficient (Wildman–Crippen LogP) is -0.360. The Bertz CT molecular complexity index is 316. The Morgan fingerprint density at radius 3 is 2.13 bits per heavy atom. The van der Waals surface area contributed by atoms with Crippen LogP contribution in [0.3, 0.4) is 0 Å². The number of nitrogens with zero attached hydrogens (tertiary/aromatic N) is 2. The van der Waals surface area contributed by atoms with Gasteiger partial charge in [-0.25, -0.2) is 0 Å². The molecule has 2 aliphatic heterocycles. The molecule has 0 aromatic carbocycles. The molecule has 0 unspecified atom stereocenters. The third-order valence-corrected chi connectivity index (χ3v) is 5.19. The van der Waals surface area contributed by atoms with Crippen LogP contribution in [0.15, 0.2) is 0 Å². The van der Waals surface area contributed by atoms with Crippen LogP contribution in [-0.2, 0) is 10.2 Å². The van der Waals surface area contributed by atoms with Gasteiger partial charge in [0.15, 0.2) is 0 Å². The lowest BCUT2D eigenvalue weighted by Crippen LogP contribution is -2.58. The number of hydrogen-bond acceptors (Lipinski definition) is 3. The molecule has 0 amide bonds. The van der Waals surface area contributed by atoms with E-state index in [9.17, 15) is 8.42 Å². The van der Waals surface area contributed by atoms with Crippen molar-refractivity contribution < 1.29 is 13.5 Å². The molecular formula is C9H18N2O3S. The first-order valence-corrected chi connectivity index (χ1v) is 6.83. The van der Waals surface area contributed by atoms with E-state index in [2.05, 4.69) is 6.92 Å². The fraction of sp³-hybridized carbons (Fsp3) is 1.00. The largest absolute Gasteiger partial charge is 0.390 e. The van der Waals surface area contributed by atoms with Crippen molar-refractivity contribution in [3.8, 4) is 0 Å². The molecule has 0 aliphatic carbocycles. The Morgan fingerprint density at radius 1 is 1.13 bits per heavy atom. The molecule has 15 heavy (non-hydrogen) atoms. The van der Waals surface area contributed by atoms with E-state index in [1.807, 2.05) is 0 Å². The fourth-order valence-corrected chi connectivity index (χ4v) is 3.70. The highest BCUT2D eigenvalue weighted by atomic mass is 32.2. The minimum absolute atomic E-state index is 0.258. The molecule has 0 saturated carbocycles. The van der Waals surface area contributed by atoms with Gasteiger partial charge in [0.25, 0.3) is 10.2 Å². The van der Waals surface area contributed by atoms with Crippen molar-refractivity contribution in [3.05, 3.63) is 0 Å². The highest BCUT2D eigenvalue weighted by Gasteiger charge is 2.39. The number of rotatable bonds is 2. The van der Waals surface area contributed by atoms with E-state index >= 15 is 0 Å². The molecule has 0 atom stereocenters. The van der Waals surface area contributed by atoms with Gasteiger partial charge >= 0.3 is 0 Å². The molecule has 1 N–H and O–H groups in total. The van der Waals surface area contributed by atoms with Crippen molar-refractivity contribution in [2.45, 2.75) is 25.9 Å². The van der Waals surface area contributed by atoms with Crippen LogP contribution in [0.25, 0.3) is 0 Å². The lowest BCUT2D eigenvalue weighted by Gasteiger charge is -2.40. The van der Waals surface area contributed by atoms with Crippen LogP contribution < -0.4 is 0 Å². The van der Waals surface area contributed by atoms with Gasteiger partial charge < -0.3 is 5.11 Å². The van der Waals surface area contributed by atoms with Gasteiger partial charge in [-0.1, -0.05) is 6.92 Å². The van der Waals surface area contributed by atoms with Gasteiger partial charge in [0.2, 0.25) is 0 Å². The number of hydrogen-bond donors (Lipinski definition) is 1. The van der Waals surface area contributed by atoms with Crippen molar-refractivity contribution in [1.29, 1.82) is 0 Å². The Morgan fingerprint density at radius 2 is 1.67 bits per heavy atom. The highest BCUT2D eigenvalue weighted by Crippen LogP contribution is 2.23. The summed E-state index contributed by atoms with van der Waals surface area (Å²) in [7, 11) is -3.27. The monoisotopic (exact) mass is 234 g/mol. The second-order valence-corrected chi connectivity index (χ2v) is 6.49. The predicted molar refractivity (Wildman–Crippen MR) is 56.5 cm³/mol. The molecule has 2 rings (SSSR count). The third-order valence-electron chi connectivity index (χ3n) is 3.22. The van der Waals surface area contributed by atoms with Gasteiger partial charge in [-0.05, 0) is 18.8 Å². The van der Waals surface area contributed by atoms with Crippen molar-refractivity contribution in [2.75, 3.05) is 26.2 Å². The van der Waals surface area contributed by atoms with Crippen molar-refractivity contribution in [3.63, 3.8) is 0 Å². The molecule has 2 saturated heterocycles. The average Bonchev–Trinajstić information content (AvgIpc) is 2.13. The number of aliphatic hydroxyl groups is 1. The first-order valence-electron chi connectivity index (χ1n) is 5.43. The van der Waals surface area contributed by atoms with Crippen LogP contribution >= 0.6 is 0 Å². The molecule has 0 spiro atoms. The number of β-amino-alcohol motifs (C(OH)–C–C–N with tert-alkyl or cyclic N) is 1. The molecule has 2 heterocycles. The zero-order valence-corrected chi connectivity index (χ0v) is 9.78. The van der Waals surface area contributed by atoms with E-state index in [0.29, 0.717) is 19.0 Å². The molecule has 0 bridgehead atoms. The number of aliphatic hydroxyl groups excluding tert-OH is 1. The van der Waals surface area contributed by atoms with Crippen LogP contribution in [0, 0.1) is 5.92 Å². The molecule has 88 valence electrons. The second kappa shape index (κ2) is 4.01. The van der Waals surface area contributed by atoms with Crippen LogP contribution in [-0.4, -0.2) is 54.4 Å². The lowest BCUT2D eigenvalue weighted by atomic mass is 10.0. The molecular weight excluding hydrogens is 216 g/mol. The van der Waals surface area contributed by atoms with E-state index in [-0.39, 0.29) is 13.1 Å². The zero-order valence-electron chi connectivity index (χ0n) is 8.96. The number of piperidine rings is 1. The summed E-state index contributed by atoms with van der Waals surface area (Å²) in [5.41, 5.74) is 0. The van der Waals surface area contributed by atoms with Gasteiger partial charge in [0.1, 0.15) is 0 Å². The van der Waals surface area contributed by atoms with Crippen LogP contribution in [0.4, 0.5) is 0 Å². The molecule has 2 fully saturated rings. The summed E-state index contributed by atoms with van der Waals surface area (Å²) in [6.07, 6.45) is 1.41. The van der Waals surface area contributed by atoms with E-state index in [0.717, 1.165) is 12.8 Å². The quantitative estimate of drug-likeness (QED) is 0.710. The Labute approximate surface area is 90.9 Å². The molecule has 2 aliphatic rings. The minimum Gasteiger partial charge on any atom is -0.390 e. The van der Waals surface area contributed by atoms with E-state index in [4.69, 9.17) is 5.11 Å². The summed E-state index contributed by atoms with van der Waals surface area (Å²) in [4.78, 5) is 0. The fourth-order valence-electron chi connectivity index (χ4n) is 1.98. The van der Waals surface area contributed by atoms with E-state index in [1.165, 1.54) is 4.31 Å². The SMILES string of the molecule is CC1CCN(S(=O)(=O)N2CC(O)C2)CC1. The summed E-state index contributed by atoms with van der Waals surface area (Å²) >= 11 is 0. The summed E-state index contributed by atoms with van der Waals surface area (Å²) in [6, 6.07) is 0. The summed E-state index contributed by atoms with van der Waals surface area (Å²) in [6.45, 7) is 3.91. The van der Waals surface area contributed by atoms with Crippen LogP contribution in [0.1, 0.15) is 19.8 Å². The Hall–Kier alpha value is -0.170. The standard InChI is InChI=1S/C9H18N2O3S/c1-8-2-4-10(5-3-8)15(13,14)11-6-9(12)7-11/h8-9,12H,2-7H2,1H3. The van der Waals surface area contributed by atoms with Gasteiger partial charge in [-0.3, -0.25) is 0 Å². The maximum Gasteiger partial charge on any atom is 0.282 e. The van der Waals surface area contributed by atoms with Crippen LogP contribution in [0.5, 0.6) is 0 Å². The third kappa shape index (κ3) is 2.18. The summed E-state index contributed by atoms with van der Waals surface area (Å²) in [5, 5.41) is 9.10. The molecule has 0 radical (unpaired) electrons. The second-order valence-electron chi connectivity index (χ2n) is 4.56. The zero-order chi connectivity index (χ0) is 11.1. The smallest absolute Gasteiger partial charge is 0.282 e. The van der Waals surface area contributed by atoms with Gasteiger partial charge in [0.05, 0.1) is 6.10 Å². The maximum atomic E-state index is 12.0. The van der Waals surface area contributed by atoms with Crippen LogP contribution in [0.2, 0.25) is 0 Å². The summed E-state index contributed by atoms with van der Waals surface area (Å²) in [5.74, 6) is 0.624. The lowest BCUT2D eigenvalue weighted by molar-refractivity contribution is 0.0495. The van der Waals surface area contributed by atoms with Gasteiger partial charge in [-0.2, -0.15) is 17.0 Å². The Balaban J connectivity index is 1.97. The molecule has 5 nitrogen and oxygen atoms in total. The van der Waals surface area contributed by atoms with Crippen molar-refractivity contribution >= 4 is 10.2 Å². The highest BCUT2D eigenvalue weighted by molar-refractivity contribution is 7.86. The van der Waals surface area contributed by atoms with Gasteiger partial charge in [-0.15, -0.1) is 0 Å². The first kappa shape index (κ1) is 11.3. The minimum atomic E-state index is -3.27. The van der Waals surface area contributed by atoms with E-state index < -0.39 is 16.3 Å². The summed E-state index contributed by atoms with van der Waals surface area (Å²) < 4.78 is 26.8. The molecule has 0 aromatic heterocycles. The molecule has 0 aromatic rings. The molecule has 6 heteroatoms. The average molecular weight is 234 g/mol. The van der Waals surface area contributed by atoms with Crippen molar-refractivity contribution in [2.24, 2.45) is 5.92 Å². The first-order chi connectivity index (χ1) is 7.00. The van der Waals surface area contributed by atoms with Crippen molar-refractivity contribution in [1.82, 2.24) is 8.61 Å². The Kier molecular flexibility index (Phi) is 3.03. The maximum absolute atomic E-state index is 12.0. The normalized spacial score (nSPS) is 27.9. The van der Waals surface area contributed by atoms with Gasteiger partial charge in [0, 0.05) is 26.2 Å². The topological polar surface area (TPSA) is 60.9 Å².